The first-order valence-corrected chi connectivity index (χ1v) is 7.34. The Hall–Kier alpha value is -1.11. The standard InChI is InChI=1S/C12H18N2O3S/c1-9-8-17-10(2)7-14(9)18(15,16)12-5-3-4-11(13)6-12/h3-6,9-10H,7-8,13H2,1-2H3. The number of morpholine rings is 1. The van der Waals surface area contributed by atoms with Crippen LogP contribution >= 0.6 is 0 Å². The lowest BCUT2D eigenvalue weighted by molar-refractivity contribution is -0.0170. The average Bonchev–Trinajstić information content (AvgIpc) is 2.32. The summed E-state index contributed by atoms with van der Waals surface area (Å²) in [5.41, 5.74) is 6.09. The van der Waals surface area contributed by atoms with Gasteiger partial charge in [-0.05, 0) is 32.0 Å². The Morgan fingerprint density at radius 1 is 1.39 bits per heavy atom. The van der Waals surface area contributed by atoms with Crippen LogP contribution in [0, 0.1) is 0 Å². The summed E-state index contributed by atoms with van der Waals surface area (Å²) >= 11 is 0. The van der Waals surface area contributed by atoms with Crippen molar-refractivity contribution in [2.45, 2.75) is 30.9 Å². The molecule has 1 saturated heterocycles. The van der Waals surface area contributed by atoms with E-state index in [0.717, 1.165) is 0 Å². The second-order valence-electron chi connectivity index (χ2n) is 4.64. The summed E-state index contributed by atoms with van der Waals surface area (Å²) < 4.78 is 31.9. The molecule has 18 heavy (non-hydrogen) atoms. The molecule has 1 aliphatic rings. The van der Waals surface area contributed by atoms with E-state index in [2.05, 4.69) is 0 Å². The number of anilines is 1. The molecule has 100 valence electrons. The van der Waals surface area contributed by atoms with E-state index < -0.39 is 10.0 Å². The SMILES string of the molecule is CC1CN(S(=O)(=O)c2cccc(N)c2)C(C)CO1. The zero-order valence-electron chi connectivity index (χ0n) is 10.5. The molecule has 0 radical (unpaired) electrons. The van der Waals surface area contributed by atoms with Gasteiger partial charge in [0, 0.05) is 18.3 Å². The highest BCUT2D eigenvalue weighted by Crippen LogP contribution is 2.23. The molecule has 5 nitrogen and oxygen atoms in total. The zero-order valence-corrected chi connectivity index (χ0v) is 11.4. The molecule has 2 N–H and O–H groups in total. The lowest BCUT2D eigenvalue weighted by Gasteiger charge is -2.35. The molecule has 0 bridgehead atoms. The number of nitrogens with zero attached hydrogens (tertiary/aromatic N) is 1. The van der Waals surface area contributed by atoms with Crippen molar-refractivity contribution in [2.75, 3.05) is 18.9 Å². The topological polar surface area (TPSA) is 72.6 Å². The summed E-state index contributed by atoms with van der Waals surface area (Å²) in [4.78, 5) is 0.239. The predicted molar refractivity (Wildman–Crippen MR) is 69.6 cm³/mol. The van der Waals surface area contributed by atoms with E-state index in [4.69, 9.17) is 10.5 Å². The Labute approximate surface area is 108 Å². The molecule has 0 saturated carbocycles. The van der Waals surface area contributed by atoms with E-state index in [9.17, 15) is 8.42 Å². The van der Waals surface area contributed by atoms with Crippen molar-refractivity contribution in [2.24, 2.45) is 0 Å². The van der Waals surface area contributed by atoms with Crippen molar-refractivity contribution < 1.29 is 13.2 Å². The molecule has 1 aromatic carbocycles. The number of nitrogens with two attached hydrogens (primary N) is 1. The maximum atomic E-state index is 12.5. The van der Waals surface area contributed by atoms with Crippen molar-refractivity contribution >= 4 is 15.7 Å². The molecule has 0 aliphatic carbocycles. The Morgan fingerprint density at radius 2 is 2.11 bits per heavy atom. The van der Waals surface area contributed by atoms with Gasteiger partial charge in [0.05, 0.1) is 17.6 Å². The first-order valence-electron chi connectivity index (χ1n) is 5.90. The van der Waals surface area contributed by atoms with E-state index in [1.807, 2.05) is 13.8 Å². The third kappa shape index (κ3) is 2.50. The summed E-state index contributed by atoms with van der Waals surface area (Å²) in [6.07, 6.45) is -0.0861. The minimum atomic E-state index is -3.49. The highest BCUT2D eigenvalue weighted by Gasteiger charge is 2.34. The molecule has 1 aliphatic heterocycles. The van der Waals surface area contributed by atoms with Crippen molar-refractivity contribution in [3.63, 3.8) is 0 Å². The molecule has 2 rings (SSSR count). The molecule has 6 heteroatoms. The van der Waals surface area contributed by atoms with Gasteiger partial charge in [0.2, 0.25) is 10.0 Å². The number of nitrogen functional groups attached to an aromatic ring is 1. The number of rotatable bonds is 2. The molecule has 2 atom stereocenters. The van der Waals surface area contributed by atoms with E-state index in [0.29, 0.717) is 18.8 Å². The Balaban J connectivity index is 2.35. The van der Waals surface area contributed by atoms with Gasteiger partial charge in [-0.15, -0.1) is 0 Å². The highest BCUT2D eigenvalue weighted by atomic mass is 32.2. The largest absolute Gasteiger partial charge is 0.399 e. The summed E-state index contributed by atoms with van der Waals surface area (Å²) in [5, 5.41) is 0. The lowest BCUT2D eigenvalue weighted by atomic mass is 10.2. The Kier molecular flexibility index (Phi) is 3.61. The first-order chi connectivity index (χ1) is 8.41. The number of benzene rings is 1. The van der Waals surface area contributed by atoms with Gasteiger partial charge in [-0.1, -0.05) is 6.07 Å². The summed E-state index contributed by atoms with van der Waals surface area (Å²) in [6.45, 7) is 4.50. The number of hydrogen-bond acceptors (Lipinski definition) is 4. The molecular weight excluding hydrogens is 252 g/mol. The third-order valence-electron chi connectivity index (χ3n) is 3.02. The zero-order chi connectivity index (χ0) is 13.3. The van der Waals surface area contributed by atoms with Crippen LogP contribution in [0.25, 0.3) is 0 Å². The van der Waals surface area contributed by atoms with Gasteiger partial charge in [0.1, 0.15) is 0 Å². The van der Waals surface area contributed by atoms with Crippen LogP contribution in [0.3, 0.4) is 0 Å². The lowest BCUT2D eigenvalue weighted by Crippen LogP contribution is -2.50. The Bertz CT molecular complexity index is 530. The molecule has 0 aromatic heterocycles. The number of hydrogen-bond donors (Lipinski definition) is 1. The third-order valence-corrected chi connectivity index (χ3v) is 4.99. The number of ether oxygens (including phenoxy) is 1. The highest BCUT2D eigenvalue weighted by molar-refractivity contribution is 7.89. The second-order valence-corrected chi connectivity index (χ2v) is 6.53. The molecule has 1 fully saturated rings. The van der Waals surface area contributed by atoms with Crippen molar-refractivity contribution in [3.05, 3.63) is 24.3 Å². The van der Waals surface area contributed by atoms with E-state index >= 15 is 0 Å². The van der Waals surface area contributed by atoms with E-state index in [1.165, 1.54) is 10.4 Å². The average molecular weight is 270 g/mol. The first kappa shape index (κ1) is 13.3. The fourth-order valence-corrected chi connectivity index (χ4v) is 3.77. The quantitative estimate of drug-likeness (QED) is 0.816. The molecule has 1 aromatic rings. The predicted octanol–water partition coefficient (Wildman–Crippen LogP) is 1.07. The molecule has 0 amide bonds. The molecular formula is C12H18N2O3S. The monoisotopic (exact) mass is 270 g/mol. The van der Waals surface area contributed by atoms with Crippen LogP contribution in [0.15, 0.2) is 29.2 Å². The smallest absolute Gasteiger partial charge is 0.243 e. The molecule has 2 unspecified atom stereocenters. The normalized spacial score (nSPS) is 26.1. The minimum absolute atomic E-state index is 0.0861. The van der Waals surface area contributed by atoms with Gasteiger partial charge < -0.3 is 10.5 Å². The summed E-state index contributed by atoms with van der Waals surface area (Å²) in [7, 11) is -3.49. The fraction of sp³-hybridized carbons (Fsp3) is 0.500. The van der Waals surface area contributed by atoms with Crippen LogP contribution in [-0.2, 0) is 14.8 Å². The van der Waals surface area contributed by atoms with Gasteiger partial charge in [-0.2, -0.15) is 4.31 Å². The van der Waals surface area contributed by atoms with Gasteiger partial charge in [-0.25, -0.2) is 8.42 Å². The van der Waals surface area contributed by atoms with Crippen LogP contribution in [-0.4, -0.2) is 38.0 Å². The summed E-state index contributed by atoms with van der Waals surface area (Å²) in [5.74, 6) is 0. The van der Waals surface area contributed by atoms with Crippen LogP contribution in [0.4, 0.5) is 5.69 Å². The van der Waals surface area contributed by atoms with Crippen LogP contribution in [0.5, 0.6) is 0 Å². The van der Waals surface area contributed by atoms with Crippen molar-refractivity contribution in [1.29, 1.82) is 0 Å². The van der Waals surface area contributed by atoms with E-state index in [-0.39, 0.29) is 17.0 Å². The van der Waals surface area contributed by atoms with Gasteiger partial charge in [-0.3, -0.25) is 0 Å². The van der Waals surface area contributed by atoms with E-state index in [1.54, 1.807) is 18.2 Å². The van der Waals surface area contributed by atoms with Crippen LogP contribution in [0.2, 0.25) is 0 Å². The maximum absolute atomic E-state index is 12.5. The van der Waals surface area contributed by atoms with Crippen molar-refractivity contribution in [3.8, 4) is 0 Å². The van der Waals surface area contributed by atoms with Gasteiger partial charge in [0.15, 0.2) is 0 Å². The van der Waals surface area contributed by atoms with Gasteiger partial charge >= 0.3 is 0 Å². The second kappa shape index (κ2) is 4.87. The Morgan fingerprint density at radius 3 is 2.78 bits per heavy atom. The number of sulfonamides is 1. The van der Waals surface area contributed by atoms with Crippen LogP contribution in [0.1, 0.15) is 13.8 Å². The minimum Gasteiger partial charge on any atom is -0.399 e. The molecule has 0 spiro atoms. The maximum Gasteiger partial charge on any atom is 0.243 e. The van der Waals surface area contributed by atoms with Gasteiger partial charge in [0.25, 0.3) is 0 Å². The van der Waals surface area contributed by atoms with Crippen LogP contribution < -0.4 is 5.73 Å². The summed E-state index contributed by atoms with van der Waals surface area (Å²) in [6, 6.07) is 6.22. The molecule has 1 heterocycles. The van der Waals surface area contributed by atoms with Crippen molar-refractivity contribution in [1.82, 2.24) is 4.31 Å². The fourth-order valence-electron chi connectivity index (χ4n) is 2.02.